The third-order valence-corrected chi connectivity index (χ3v) is 4.12. The summed E-state index contributed by atoms with van der Waals surface area (Å²) in [4.78, 5) is 13.4. The summed E-state index contributed by atoms with van der Waals surface area (Å²) in [5.74, 6) is 0.289. The van der Waals surface area contributed by atoms with Crippen LogP contribution in [0.2, 0.25) is 0 Å². The van der Waals surface area contributed by atoms with Crippen molar-refractivity contribution >= 4 is 5.91 Å². The smallest absolute Gasteiger partial charge is 0.387 e. The number of carbonyl (C=O) groups excluding carboxylic acids is 1. The van der Waals surface area contributed by atoms with Gasteiger partial charge in [-0.1, -0.05) is 6.07 Å². The number of halogens is 2. The Morgan fingerprint density at radius 2 is 2.17 bits per heavy atom. The molecular formula is C17H24F2N2O2. The van der Waals surface area contributed by atoms with Crippen LogP contribution in [-0.2, 0) is 11.2 Å². The fourth-order valence-corrected chi connectivity index (χ4v) is 2.99. The van der Waals surface area contributed by atoms with Crippen LogP contribution >= 0.6 is 0 Å². The number of rotatable bonds is 6. The molecule has 0 saturated heterocycles. The summed E-state index contributed by atoms with van der Waals surface area (Å²) in [7, 11) is 3.49. The monoisotopic (exact) mass is 326 g/mol. The molecule has 0 unspecified atom stereocenters. The topological polar surface area (TPSA) is 41.6 Å². The van der Waals surface area contributed by atoms with Gasteiger partial charge in [0, 0.05) is 32.6 Å². The number of amides is 1. The average molecular weight is 326 g/mol. The van der Waals surface area contributed by atoms with E-state index in [2.05, 4.69) is 10.1 Å². The number of hydrogen-bond acceptors (Lipinski definition) is 3. The first-order chi connectivity index (χ1) is 10.9. The van der Waals surface area contributed by atoms with Crippen LogP contribution in [0.4, 0.5) is 8.78 Å². The molecule has 0 aromatic heterocycles. The Labute approximate surface area is 135 Å². The minimum atomic E-state index is -2.80. The second-order valence-corrected chi connectivity index (χ2v) is 6.24. The van der Waals surface area contributed by atoms with Crippen molar-refractivity contribution in [3.8, 4) is 5.75 Å². The van der Waals surface area contributed by atoms with E-state index in [1.165, 1.54) is 0 Å². The molecule has 0 bridgehead atoms. The predicted molar refractivity (Wildman–Crippen MR) is 84.7 cm³/mol. The lowest BCUT2D eigenvalue weighted by Gasteiger charge is -2.30. The van der Waals surface area contributed by atoms with Crippen molar-refractivity contribution in [1.82, 2.24) is 10.2 Å². The first kappa shape index (κ1) is 17.7. The van der Waals surface area contributed by atoms with E-state index >= 15 is 0 Å². The Kier molecular flexibility index (Phi) is 5.93. The van der Waals surface area contributed by atoms with Crippen molar-refractivity contribution in [3.05, 3.63) is 29.3 Å². The van der Waals surface area contributed by atoms with Crippen LogP contribution in [0, 0.1) is 0 Å². The number of aryl methyl sites for hydroxylation is 1. The quantitative estimate of drug-likeness (QED) is 0.873. The number of benzene rings is 1. The molecule has 1 amide bonds. The third-order valence-electron chi connectivity index (χ3n) is 4.12. The molecule has 4 nitrogen and oxygen atoms in total. The van der Waals surface area contributed by atoms with Crippen molar-refractivity contribution in [3.63, 3.8) is 0 Å². The number of nitrogens with zero attached hydrogens (tertiary/aromatic N) is 1. The van der Waals surface area contributed by atoms with E-state index in [0.29, 0.717) is 6.42 Å². The molecular weight excluding hydrogens is 302 g/mol. The number of ether oxygens (including phenoxy) is 1. The standard InChI is InChI=1S/C17H24F2N2O2/c1-11(9-16(22)21(2)3)20-15-6-4-5-12-10-13(23-17(18)19)7-8-14(12)15/h7-8,10-11,15,17,20H,4-6,9H2,1-3H3/t11-,15-/m0/s1. The van der Waals surface area contributed by atoms with Gasteiger partial charge in [-0.05, 0) is 49.4 Å². The van der Waals surface area contributed by atoms with Gasteiger partial charge in [0.2, 0.25) is 5.91 Å². The van der Waals surface area contributed by atoms with E-state index < -0.39 is 6.61 Å². The summed E-state index contributed by atoms with van der Waals surface area (Å²) in [5, 5.41) is 3.48. The summed E-state index contributed by atoms with van der Waals surface area (Å²) in [5.41, 5.74) is 2.15. The SMILES string of the molecule is C[C@@H](CC(=O)N(C)C)N[C@H]1CCCc2cc(OC(F)F)ccc21. The molecule has 0 aliphatic heterocycles. The van der Waals surface area contributed by atoms with Gasteiger partial charge in [0.1, 0.15) is 5.75 Å². The lowest BCUT2D eigenvalue weighted by molar-refractivity contribution is -0.129. The lowest BCUT2D eigenvalue weighted by atomic mass is 9.87. The average Bonchev–Trinajstić information content (AvgIpc) is 2.46. The van der Waals surface area contributed by atoms with Crippen LogP contribution in [0.5, 0.6) is 5.75 Å². The van der Waals surface area contributed by atoms with Gasteiger partial charge < -0.3 is 15.0 Å². The normalized spacial score (nSPS) is 18.4. The van der Waals surface area contributed by atoms with Gasteiger partial charge >= 0.3 is 6.61 Å². The summed E-state index contributed by atoms with van der Waals surface area (Å²) >= 11 is 0. The molecule has 1 aromatic rings. The first-order valence-electron chi connectivity index (χ1n) is 7.90. The van der Waals surface area contributed by atoms with Crippen LogP contribution in [0.15, 0.2) is 18.2 Å². The van der Waals surface area contributed by atoms with Gasteiger partial charge in [-0.3, -0.25) is 4.79 Å². The summed E-state index contributed by atoms with van der Waals surface area (Å²) in [6.07, 6.45) is 3.25. The van der Waals surface area contributed by atoms with E-state index in [1.54, 1.807) is 31.1 Å². The molecule has 1 aliphatic rings. The Morgan fingerprint density at radius 1 is 1.43 bits per heavy atom. The third kappa shape index (κ3) is 4.89. The zero-order chi connectivity index (χ0) is 17.0. The van der Waals surface area contributed by atoms with Gasteiger partial charge in [-0.25, -0.2) is 0 Å². The maximum Gasteiger partial charge on any atom is 0.387 e. The highest BCUT2D eigenvalue weighted by molar-refractivity contribution is 5.76. The van der Waals surface area contributed by atoms with Crippen LogP contribution in [0.1, 0.15) is 43.4 Å². The van der Waals surface area contributed by atoms with E-state index in [0.717, 1.165) is 30.4 Å². The summed E-state index contributed by atoms with van der Waals surface area (Å²) < 4.78 is 29.1. The molecule has 1 N–H and O–H groups in total. The molecule has 128 valence electrons. The molecule has 6 heteroatoms. The van der Waals surface area contributed by atoms with Gasteiger partial charge in [0.15, 0.2) is 0 Å². The molecule has 1 aromatic carbocycles. The fraction of sp³-hybridized carbons (Fsp3) is 0.588. The van der Waals surface area contributed by atoms with Crippen LogP contribution in [0.25, 0.3) is 0 Å². The number of nitrogens with one attached hydrogen (secondary N) is 1. The maximum atomic E-state index is 12.3. The highest BCUT2D eigenvalue weighted by Crippen LogP contribution is 2.33. The number of alkyl halides is 2. The zero-order valence-corrected chi connectivity index (χ0v) is 13.8. The van der Waals surface area contributed by atoms with Crippen molar-refractivity contribution in [2.45, 2.75) is 51.3 Å². The van der Waals surface area contributed by atoms with Gasteiger partial charge in [0.05, 0.1) is 0 Å². The first-order valence-corrected chi connectivity index (χ1v) is 7.90. The van der Waals surface area contributed by atoms with Crippen molar-refractivity contribution in [2.75, 3.05) is 14.1 Å². The van der Waals surface area contributed by atoms with E-state index in [1.807, 2.05) is 13.0 Å². The minimum absolute atomic E-state index is 0.0536. The van der Waals surface area contributed by atoms with Crippen LogP contribution < -0.4 is 10.1 Å². The van der Waals surface area contributed by atoms with Crippen LogP contribution in [-0.4, -0.2) is 37.6 Å². The lowest BCUT2D eigenvalue weighted by Crippen LogP contribution is -2.36. The second-order valence-electron chi connectivity index (χ2n) is 6.24. The van der Waals surface area contributed by atoms with Crippen molar-refractivity contribution in [2.24, 2.45) is 0 Å². The van der Waals surface area contributed by atoms with Gasteiger partial charge in [-0.15, -0.1) is 0 Å². The molecule has 23 heavy (non-hydrogen) atoms. The Hall–Kier alpha value is -1.69. The molecule has 0 heterocycles. The zero-order valence-electron chi connectivity index (χ0n) is 13.8. The number of hydrogen-bond donors (Lipinski definition) is 1. The van der Waals surface area contributed by atoms with Gasteiger partial charge in [0.25, 0.3) is 0 Å². The Balaban J connectivity index is 2.05. The molecule has 1 aliphatic carbocycles. The minimum Gasteiger partial charge on any atom is -0.435 e. The highest BCUT2D eigenvalue weighted by atomic mass is 19.3. The molecule has 0 spiro atoms. The molecule has 0 saturated carbocycles. The van der Waals surface area contributed by atoms with E-state index in [4.69, 9.17) is 0 Å². The molecule has 0 fully saturated rings. The van der Waals surface area contributed by atoms with E-state index in [9.17, 15) is 13.6 Å². The second kappa shape index (κ2) is 7.73. The predicted octanol–water partition coefficient (Wildman–Crippen LogP) is 3.12. The molecule has 2 atom stereocenters. The summed E-state index contributed by atoms with van der Waals surface area (Å²) in [6, 6.07) is 5.33. The largest absolute Gasteiger partial charge is 0.435 e. The number of carbonyl (C=O) groups is 1. The summed E-state index contributed by atoms with van der Waals surface area (Å²) in [6.45, 7) is -0.813. The van der Waals surface area contributed by atoms with Crippen molar-refractivity contribution in [1.29, 1.82) is 0 Å². The highest BCUT2D eigenvalue weighted by Gasteiger charge is 2.23. The van der Waals surface area contributed by atoms with Gasteiger partial charge in [-0.2, -0.15) is 8.78 Å². The maximum absolute atomic E-state index is 12.3. The molecule has 0 radical (unpaired) electrons. The Bertz CT molecular complexity index is 549. The fourth-order valence-electron chi connectivity index (χ4n) is 2.99. The van der Waals surface area contributed by atoms with E-state index in [-0.39, 0.29) is 23.7 Å². The Morgan fingerprint density at radius 3 is 2.83 bits per heavy atom. The molecule has 2 rings (SSSR count). The van der Waals surface area contributed by atoms with Crippen molar-refractivity contribution < 1.29 is 18.3 Å². The van der Waals surface area contributed by atoms with Crippen LogP contribution in [0.3, 0.4) is 0 Å². The number of fused-ring (bicyclic) bond motifs is 1.